The van der Waals surface area contributed by atoms with Crippen molar-refractivity contribution in [3.63, 3.8) is 0 Å². The van der Waals surface area contributed by atoms with E-state index in [-0.39, 0.29) is 0 Å². The summed E-state index contributed by atoms with van der Waals surface area (Å²) in [7, 11) is 0. The molecule has 2 aromatic rings. The van der Waals surface area contributed by atoms with Gasteiger partial charge in [-0.05, 0) is 35.7 Å². The largest absolute Gasteiger partial charge is 0.416 e. The van der Waals surface area contributed by atoms with Gasteiger partial charge in [0.2, 0.25) is 0 Å². The molecular formula is C20H23F3N2. The number of hydrogen-bond acceptors (Lipinski definition) is 2. The first-order valence-corrected chi connectivity index (χ1v) is 8.68. The van der Waals surface area contributed by atoms with Gasteiger partial charge < -0.3 is 4.90 Å². The number of halogens is 3. The normalized spacial score (nSPS) is 16.2. The van der Waals surface area contributed by atoms with E-state index in [2.05, 4.69) is 36.1 Å². The fourth-order valence-electron chi connectivity index (χ4n) is 3.18. The van der Waals surface area contributed by atoms with Gasteiger partial charge in [0.05, 0.1) is 5.56 Å². The summed E-state index contributed by atoms with van der Waals surface area (Å²) in [4.78, 5) is 4.39. The van der Waals surface area contributed by atoms with Crippen molar-refractivity contribution in [1.82, 2.24) is 4.90 Å². The molecule has 134 valence electrons. The molecule has 0 atom stereocenters. The average molecular weight is 348 g/mol. The molecule has 0 saturated carbocycles. The molecule has 0 N–H and O–H groups in total. The first kappa shape index (κ1) is 17.8. The molecule has 0 aromatic heterocycles. The second-order valence-corrected chi connectivity index (χ2v) is 6.48. The number of benzene rings is 2. The number of piperazine rings is 1. The Kier molecular flexibility index (Phi) is 5.33. The highest BCUT2D eigenvalue weighted by Gasteiger charge is 2.31. The topological polar surface area (TPSA) is 6.48 Å². The van der Waals surface area contributed by atoms with Gasteiger partial charge in [0, 0.05) is 38.4 Å². The highest BCUT2D eigenvalue weighted by Crippen LogP contribution is 2.31. The van der Waals surface area contributed by atoms with Gasteiger partial charge in [-0.1, -0.05) is 37.3 Å². The molecule has 0 aliphatic carbocycles. The number of hydrogen-bond donors (Lipinski definition) is 0. The molecule has 1 fully saturated rings. The minimum absolute atomic E-state index is 0.580. The van der Waals surface area contributed by atoms with Crippen LogP contribution in [0, 0.1) is 0 Å². The zero-order valence-corrected chi connectivity index (χ0v) is 14.4. The van der Waals surface area contributed by atoms with Gasteiger partial charge in [0.25, 0.3) is 0 Å². The third-order valence-electron chi connectivity index (χ3n) is 4.75. The van der Waals surface area contributed by atoms with Crippen LogP contribution in [0.3, 0.4) is 0 Å². The Balaban J connectivity index is 1.58. The van der Waals surface area contributed by atoms with E-state index in [4.69, 9.17) is 0 Å². The second-order valence-electron chi connectivity index (χ2n) is 6.48. The van der Waals surface area contributed by atoms with Gasteiger partial charge in [-0.15, -0.1) is 0 Å². The first-order chi connectivity index (χ1) is 12.0. The number of anilines is 1. The standard InChI is InChI=1S/C20H23F3N2/c1-2-16-6-8-17(9-7-16)15-24-10-12-25(13-11-24)19-5-3-4-18(14-19)20(21,22)23/h3-9,14H,2,10-13,15H2,1H3. The molecule has 0 bridgehead atoms. The summed E-state index contributed by atoms with van der Waals surface area (Å²) < 4.78 is 38.6. The zero-order valence-electron chi connectivity index (χ0n) is 14.4. The molecule has 1 heterocycles. The molecule has 0 radical (unpaired) electrons. The Morgan fingerprint density at radius 3 is 2.12 bits per heavy atom. The number of nitrogens with zero attached hydrogens (tertiary/aromatic N) is 2. The van der Waals surface area contributed by atoms with Crippen molar-refractivity contribution < 1.29 is 13.2 Å². The summed E-state index contributed by atoms with van der Waals surface area (Å²) in [6.45, 7) is 6.22. The molecule has 0 amide bonds. The van der Waals surface area contributed by atoms with Gasteiger partial charge in [0.1, 0.15) is 0 Å². The van der Waals surface area contributed by atoms with E-state index in [9.17, 15) is 13.2 Å². The average Bonchev–Trinajstić information content (AvgIpc) is 2.62. The Morgan fingerprint density at radius 2 is 1.52 bits per heavy atom. The maximum atomic E-state index is 12.9. The fourth-order valence-corrected chi connectivity index (χ4v) is 3.18. The predicted octanol–water partition coefficient (Wildman–Crippen LogP) is 4.59. The molecule has 0 spiro atoms. The smallest absolute Gasteiger partial charge is 0.369 e. The molecule has 1 aliphatic rings. The summed E-state index contributed by atoms with van der Waals surface area (Å²) in [5.41, 5.74) is 2.69. The molecule has 2 nitrogen and oxygen atoms in total. The van der Waals surface area contributed by atoms with Gasteiger partial charge in [-0.2, -0.15) is 13.2 Å². The van der Waals surface area contributed by atoms with Crippen molar-refractivity contribution in [2.24, 2.45) is 0 Å². The van der Waals surface area contributed by atoms with Crippen molar-refractivity contribution in [3.05, 3.63) is 65.2 Å². The molecular weight excluding hydrogens is 325 g/mol. The van der Waals surface area contributed by atoms with Crippen LogP contribution in [0.25, 0.3) is 0 Å². The summed E-state index contributed by atoms with van der Waals surface area (Å²) in [5, 5.41) is 0. The molecule has 5 heteroatoms. The van der Waals surface area contributed by atoms with E-state index < -0.39 is 11.7 Å². The third kappa shape index (κ3) is 4.54. The Morgan fingerprint density at radius 1 is 0.880 bits per heavy atom. The molecule has 1 saturated heterocycles. The van der Waals surface area contributed by atoms with Crippen molar-refractivity contribution in [2.75, 3.05) is 31.1 Å². The number of alkyl halides is 3. The molecule has 3 rings (SSSR count). The van der Waals surface area contributed by atoms with E-state index in [1.807, 2.05) is 4.90 Å². The van der Waals surface area contributed by atoms with Crippen LogP contribution in [0.5, 0.6) is 0 Å². The molecule has 25 heavy (non-hydrogen) atoms. The van der Waals surface area contributed by atoms with Crippen LogP contribution < -0.4 is 4.90 Å². The van der Waals surface area contributed by atoms with Crippen molar-refractivity contribution >= 4 is 5.69 Å². The van der Waals surface area contributed by atoms with Gasteiger partial charge in [-0.3, -0.25) is 4.90 Å². The lowest BCUT2D eigenvalue weighted by Gasteiger charge is -2.36. The molecule has 2 aromatic carbocycles. The fraction of sp³-hybridized carbons (Fsp3) is 0.400. The quantitative estimate of drug-likeness (QED) is 0.797. The van der Waals surface area contributed by atoms with Crippen LogP contribution in [0.15, 0.2) is 48.5 Å². The second kappa shape index (κ2) is 7.48. The Bertz CT molecular complexity index is 687. The highest BCUT2D eigenvalue weighted by atomic mass is 19.4. The van der Waals surface area contributed by atoms with Gasteiger partial charge >= 0.3 is 6.18 Å². The van der Waals surface area contributed by atoms with E-state index in [1.54, 1.807) is 6.07 Å². The SMILES string of the molecule is CCc1ccc(CN2CCN(c3cccc(C(F)(F)F)c3)CC2)cc1. The van der Waals surface area contributed by atoms with Gasteiger partial charge in [0.15, 0.2) is 0 Å². The van der Waals surface area contributed by atoms with Crippen LogP contribution in [-0.4, -0.2) is 31.1 Å². The summed E-state index contributed by atoms with van der Waals surface area (Å²) in [6, 6.07) is 14.3. The Labute approximate surface area is 146 Å². The van der Waals surface area contributed by atoms with Crippen LogP contribution in [-0.2, 0) is 19.1 Å². The first-order valence-electron chi connectivity index (χ1n) is 8.68. The summed E-state index contributed by atoms with van der Waals surface area (Å²) in [5.74, 6) is 0. The predicted molar refractivity (Wildman–Crippen MR) is 94.8 cm³/mol. The zero-order chi connectivity index (χ0) is 17.9. The number of aryl methyl sites for hydroxylation is 1. The lowest BCUT2D eigenvalue weighted by Crippen LogP contribution is -2.46. The van der Waals surface area contributed by atoms with Crippen molar-refractivity contribution in [2.45, 2.75) is 26.1 Å². The van der Waals surface area contributed by atoms with Gasteiger partial charge in [-0.25, -0.2) is 0 Å². The van der Waals surface area contributed by atoms with E-state index in [0.29, 0.717) is 5.69 Å². The van der Waals surface area contributed by atoms with Crippen LogP contribution in [0.2, 0.25) is 0 Å². The third-order valence-corrected chi connectivity index (χ3v) is 4.75. The lowest BCUT2D eigenvalue weighted by molar-refractivity contribution is -0.137. The highest BCUT2D eigenvalue weighted by molar-refractivity contribution is 5.49. The van der Waals surface area contributed by atoms with E-state index in [1.165, 1.54) is 23.3 Å². The van der Waals surface area contributed by atoms with Crippen LogP contribution >= 0.6 is 0 Å². The summed E-state index contributed by atoms with van der Waals surface area (Å²) >= 11 is 0. The lowest BCUT2D eigenvalue weighted by atomic mass is 10.1. The molecule has 0 unspecified atom stereocenters. The maximum Gasteiger partial charge on any atom is 0.416 e. The maximum absolute atomic E-state index is 12.9. The minimum Gasteiger partial charge on any atom is -0.369 e. The van der Waals surface area contributed by atoms with Crippen LogP contribution in [0.1, 0.15) is 23.6 Å². The van der Waals surface area contributed by atoms with Crippen molar-refractivity contribution in [1.29, 1.82) is 0 Å². The minimum atomic E-state index is -4.29. The van der Waals surface area contributed by atoms with Crippen LogP contribution in [0.4, 0.5) is 18.9 Å². The molecule has 1 aliphatic heterocycles. The van der Waals surface area contributed by atoms with E-state index in [0.717, 1.165) is 45.2 Å². The monoisotopic (exact) mass is 348 g/mol. The van der Waals surface area contributed by atoms with Crippen molar-refractivity contribution in [3.8, 4) is 0 Å². The van der Waals surface area contributed by atoms with E-state index >= 15 is 0 Å². The summed E-state index contributed by atoms with van der Waals surface area (Å²) in [6.07, 6.45) is -3.25. The Hall–Kier alpha value is -2.01. The number of rotatable bonds is 4.